The SMILES string of the molecule is O=C(/C=C/c1ccc(S(=O)(=O)N2CCOCC2)cc1)NCc1cccc(OCc2ccccn2)c1. The highest BCUT2D eigenvalue weighted by Crippen LogP contribution is 2.18. The Hall–Kier alpha value is -3.53. The van der Waals surface area contributed by atoms with Gasteiger partial charge in [0.2, 0.25) is 15.9 Å². The van der Waals surface area contributed by atoms with Crippen molar-refractivity contribution in [3.63, 3.8) is 0 Å². The molecule has 0 saturated carbocycles. The van der Waals surface area contributed by atoms with Crippen molar-refractivity contribution >= 4 is 22.0 Å². The number of nitrogens with zero attached hydrogens (tertiary/aromatic N) is 2. The van der Waals surface area contributed by atoms with Gasteiger partial charge < -0.3 is 14.8 Å². The fourth-order valence-corrected chi connectivity index (χ4v) is 4.90. The molecule has 1 saturated heterocycles. The summed E-state index contributed by atoms with van der Waals surface area (Å²) in [6.45, 7) is 2.22. The van der Waals surface area contributed by atoms with Crippen molar-refractivity contribution in [2.45, 2.75) is 18.0 Å². The maximum atomic E-state index is 12.7. The lowest BCUT2D eigenvalue weighted by atomic mass is 10.2. The molecule has 1 fully saturated rings. The number of hydrogen-bond donors (Lipinski definition) is 1. The van der Waals surface area contributed by atoms with Gasteiger partial charge in [0, 0.05) is 31.9 Å². The van der Waals surface area contributed by atoms with Crippen LogP contribution in [0.3, 0.4) is 0 Å². The van der Waals surface area contributed by atoms with E-state index in [0.717, 1.165) is 16.8 Å². The molecule has 1 amide bonds. The van der Waals surface area contributed by atoms with Crippen molar-refractivity contribution in [3.8, 4) is 5.75 Å². The van der Waals surface area contributed by atoms with E-state index in [-0.39, 0.29) is 10.8 Å². The number of morpholine rings is 1. The second kappa shape index (κ2) is 11.7. The Balaban J connectivity index is 1.28. The largest absolute Gasteiger partial charge is 0.487 e. The molecule has 1 aromatic heterocycles. The highest BCUT2D eigenvalue weighted by molar-refractivity contribution is 7.89. The summed E-state index contributed by atoms with van der Waals surface area (Å²) in [4.78, 5) is 16.7. The summed E-state index contributed by atoms with van der Waals surface area (Å²) in [5, 5.41) is 2.84. The van der Waals surface area contributed by atoms with Crippen LogP contribution in [0, 0.1) is 0 Å². The number of rotatable bonds is 9. The zero-order valence-electron chi connectivity index (χ0n) is 19.2. The molecule has 182 valence electrons. The fraction of sp³-hybridized carbons (Fsp3) is 0.231. The fourth-order valence-electron chi connectivity index (χ4n) is 3.49. The zero-order valence-corrected chi connectivity index (χ0v) is 20.0. The molecule has 35 heavy (non-hydrogen) atoms. The quantitative estimate of drug-likeness (QED) is 0.460. The molecule has 0 unspecified atom stereocenters. The van der Waals surface area contributed by atoms with E-state index in [1.807, 2.05) is 42.5 Å². The lowest BCUT2D eigenvalue weighted by Gasteiger charge is -2.26. The van der Waals surface area contributed by atoms with Gasteiger partial charge in [0.05, 0.1) is 23.8 Å². The van der Waals surface area contributed by atoms with E-state index < -0.39 is 10.0 Å². The first-order valence-electron chi connectivity index (χ1n) is 11.3. The first kappa shape index (κ1) is 24.6. The summed E-state index contributed by atoms with van der Waals surface area (Å²) in [6, 6.07) is 19.6. The average Bonchev–Trinajstić information content (AvgIpc) is 2.91. The molecule has 0 spiro atoms. The van der Waals surface area contributed by atoms with Gasteiger partial charge in [-0.2, -0.15) is 4.31 Å². The second-order valence-electron chi connectivity index (χ2n) is 7.89. The van der Waals surface area contributed by atoms with Gasteiger partial charge in [0.15, 0.2) is 0 Å². The van der Waals surface area contributed by atoms with Gasteiger partial charge in [-0.3, -0.25) is 9.78 Å². The van der Waals surface area contributed by atoms with Gasteiger partial charge in [0.1, 0.15) is 12.4 Å². The molecule has 3 aromatic rings. The summed E-state index contributed by atoms with van der Waals surface area (Å²) in [6.07, 6.45) is 4.79. The third-order valence-corrected chi connectivity index (χ3v) is 7.31. The third-order valence-electron chi connectivity index (χ3n) is 5.39. The van der Waals surface area contributed by atoms with E-state index in [4.69, 9.17) is 9.47 Å². The van der Waals surface area contributed by atoms with E-state index in [0.29, 0.717) is 45.2 Å². The van der Waals surface area contributed by atoms with Crippen molar-refractivity contribution in [3.05, 3.63) is 95.8 Å². The molecule has 0 aliphatic carbocycles. The molecular formula is C26H27N3O5S. The van der Waals surface area contributed by atoms with Crippen LogP contribution in [0.1, 0.15) is 16.8 Å². The molecule has 9 heteroatoms. The number of nitrogens with one attached hydrogen (secondary N) is 1. The predicted molar refractivity (Wildman–Crippen MR) is 132 cm³/mol. The predicted octanol–water partition coefficient (Wildman–Crippen LogP) is 3.01. The third kappa shape index (κ3) is 6.98. The average molecular weight is 494 g/mol. The monoisotopic (exact) mass is 493 g/mol. The minimum absolute atomic E-state index is 0.228. The van der Waals surface area contributed by atoms with Crippen LogP contribution >= 0.6 is 0 Å². The number of sulfonamides is 1. The van der Waals surface area contributed by atoms with Crippen LogP contribution in [-0.4, -0.2) is 49.9 Å². The summed E-state index contributed by atoms with van der Waals surface area (Å²) in [5.74, 6) is 0.444. The van der Waals surface area contributed by atoms with Gasteiger partial charge in [0.25, 0.3) is 0 Å². The van der Waals surface area contributed by atoms with Crippen LogP contribution in [0.2, 0.25) is 0 Å². The number of carbonyl (C=O) groups excluding carboxylic acids is 1. The second-order valence-corrected chi connectivity index (χ2v) is 9.83. The van der Waals surface area contributed by atoms with E-state index in [2.05, 4.69) is 10.3 Å². The summed E-state index contributed by atoms with van der Waals surface area (Å²) < 4.78 is 37.8. The number of hydrogen-bond acceptors (Lipinski definition) is 6. The van der Waals surface area contributed by atoms with E-state index >= 15 is 0 Å². The number of ether oxygens (including phenoxy) is 2. The Morgan fingerprint density at radius 3 is 2.60 bits per heavy atom. The molecule has 2 aromatic carbocycles. The molecule has 2 heterocycles. The van der Waals surface area contributed by atoms with Gasteiger partial charge in [-0.15, -0.1) is 0 Å². The molecule has 0 atom stereocenters. The Kier molecular flexibility index (Phi) is 8.25. The summed E-state index contributed by atoms with van der Waals surface area (Å²) in [5.41, 5.74) is 2.47. The van der Waals surface area contributed by atoms with Crippen LogP contribution in [0.25, 0.3) is 6.08 Å². The highest BCUT2D eigenvalue weighted by Gasteiger charge is 2.25. The topological polar surface area (TPSA) is 97.8 Å². The van der Waals surface area contributed by atoms with Gasteiger partial charge in [-0.05, 0) is 53.6 Å². The standard InChI is InChI=1S/C26H27N3O5S/c30-26(28-19-22-4-3-6-24(18-22)34-20-23-5-1-2-13-27-23)12-9-21-7-10-25(11-8-21)35(31,32)29-14-16-33-17-15-29/h1-13,18H,14-17,19-20H2,(H,28,30)/b12-9+. The summed E-state index contributed by atoms with van der Waals surface area (Å²) >= 11 is 0. The number of benzene rings is 2. The smallest absolute Gasteiger partial charge is 0.244 e. The number of pyridine rings is 1. The Morgan fingerprint density at radius 2 is 1.86 bits per heavy atom. The molecule has 1 aliphatic heterocycles. The van der Waals surface area contributed by atoms with Crippen molar-refractivity contribution in [2.75, 3.05) is 26.3 Å². The Labute approximate surface area is 205 Å². The maximum absolute atomic E-state index is 12.7. The van der Waals surface area contributed by atoms with Gasteiger partial charge in [-0.1, -0.05) is 30.3 Å². The van der Waals surface area contributed by atoms with Gasteiger partial charge in [-0.25, -0.2) is 8.42 Å². The van der Waals surface area contributed by atoms with Crippen LogP contribution in [-0.2, 0) is 32.7 Å². The zero-order chi connectivity index (χ0) is 24.5. The van der Waals surface area contributed by atoms with E-state index in [1.165, 1.54) is 10.4 Å². The molecule has 4 rings (SSSR count). The summed E-state index contributed by atoms with van der Waals surface area (Å²) in [7, 11) is -3.54. The molecule has 0 radical (unpaired) electrons. The normalized spacial score (nSPS) is 14.6. The molecule has 8 nitrogen and oxygen atoms in total. The lowest BCUT2D eigenvalue weighted by Crippen LogP contribution is -2.40. The lowest BCUT2D eigenvalue weighted by molar-refractivity contribution is -0.116. The van der Waals surface area contributed by atoms with Crippen LogP contribution < -0.4 is 10.1 Å². The minimum atomic E-state index is -3.54. The number of aromatic nitrogens is 1. The maximum Gasteiger partial charge on any atom is 0.244 e. The van der Waals surface area contributed by atoms with Crippen molar-refractivity contribution < 1.29 is 22.7 Å². The van der Waals surface area contributed by atoms with Crippen molar-refractivity contribution in [2.24, 2.45) is 0 Å². The molecule has 0 bridgehead atoms. The Morgan fingerprint density at radius 1 is 1.06 bits per heavy atom. The highest BCUT2D eigenvalue weighted by atomic mass is 32.2. The van der Waals surface area contributed by atoms with E-state index in [1.54, 1.807) is 36.5 Å². The first-order chi connectivity index (χ1) is 17.0. The molecule has 1 aliphatic rings. The number of carbonyl (C=O) groups is 1. The van der Waals surface area contributed by atoms with Crippen LogP contribution in [0.4, 0.5) is 0 Å². The Bertz CT molecular complexity index is 1260. The minimum Gasteiger partial charge on any atom is -0.487 e. The number of amides is 1. The van der Waals surface area contributed by atoms with Crippen LogP contribution in [0.15, 0.2) is 83.9 Å². The van der Waals surface area contributed by atoms with Crippen molar-refractivity contribution in [1.82, 2.24) is 14.6 Å². The molecular weight excluding hydrogens is 466 g/mol. The van der Waals surface area contributed by atoms with Crippen molar-refractivity contribution in [1.29, 1.82) is 0 Å². The van der Waals surface area contributed by atoms with Gasteiger partial charge >= 0.3 is 0 Å². The molecule has 1 N–H and O–H groups in total. The van der Waals surface area contributed by atoms with Crippen LogP contribution in [0.5, 0.6) is 5.75 Å². The van der Waals surface area contributed by atoms with E-state index in [9.17, 15) is 13.2 Å². The first-order valence-corrected chi connectivity index (χ1v) is 12.7.